The highest BCUT2D eigenvalue weighted by Crippen LogP contribution is 2.64. The lowest BCUT2D eigenvalue weighted by atomic mass is 9.51. The van der Waals surface area contributed by atoms with E-state index in [2.05, 4.69) is 31.2 Å². The number of allylic oxidation sites excluding steroid dienone is 1. The van der Waals surface area contributed by atoms with Gasteiger partial charge in [0.15, 0.2) is 5.79 Å². The van der Waals surface area contributed by atoms with Crippen LogP contribution < -0.4 is 0 Å². The van der Waals surface area contributed by atoms with Crippen LogP contribution in [0.25, 0.3) is 0 Å². The first kappa shape index (κ1) is 20.8. The zero-order valence-electron chi connectivity index (χ0n) is 19.8. The molecule has 176 valence electrons. The van der Waals surface area contributed by atoms with E-state index in [4.69, 9.17) is 9.47 Å². The van der Waals surface area contributed by atoms with E-state index in [1.807, 2.05) is 0 Å². The predicted octanol–water partition coefficient (Wildman–Crippen LogP) is 5.40. The first-order valence-electron chi connectivity index (χ1n) is 13.3. The molecular weight excluding hydrogens is 412 g/mol. The van der Waals surface area contributed by atoms with Crippen molar-refractivity contribution in [3.63, 3.8) is 0 Å². The molecule has 0 radical (unpaired) electrons. The van der Waals surface area contributed by atoms with E-state index in [1.54, 1.807) is 0 Å². The molecule has 4 nitrogen and oxygen atoms in total. The maximum atomic E-state index is 13.2. The lowest BCUT2D eigenvalue weighted by Gasteiger charge is -2.55. The Labute approximate surface area is 196 Å². The molecule has 7 rings (SSSR count). The third-order valence-electron chi connectivity index (χ3n) is 10.3. The first-order chi connectivity index (χ1) is 15.9. The van der Waals surface area contributed by atoms with Crippen LogP contribution in [0.2, 0.25) is 0 Å². The Bertz CT molecular complexity index is 1010. The summed E-state index contributed by atoms with van der Waals surface area (Å²) in [5, 5.41) is 12.0. The molecule has 1 aromatic carbocycles. The zero-order valence-corrected chi connectivity index (χ0v) is 19.8. The van der Waals surface area contributed by atoms with Crippen LogP contribution in [0.15, 0.2) is 35.4 Å². The highest BCUT2D eigenvalue weighted by Gasteiger charge is 2.60. The van der Waals surface area contributed by atoms with Crippen LogP contribution in [-0.2, 0) is 14.3 Å². The van der Waals surface area contributed by atoms with Crippen molar-refractivity contribution in [2.45, 2.75) is 94.4 Å². The van der Waals surface area contributed by atoms with E-state index in [0.29, 0.717) is 37.3 Å². The Morgan fingerprint density at radius 1 is 0.939 bits per heavy atom. The second kappa shape index (κ2) is 7.02. The summed E-state index contributed by atoms with van der Waals surface area (Å²) in [6, 6.07) is 9.30. The Hall–Kier alpha value is -1.49. The summed E-state index contributed by atoms with van der Waals surface area (Å²) in [6.07, 6.45) is 9.21. The van der Waals surface area contributed by atoms with Crippen molar-refractivity contribution in [3.8, 4) is 0 Å². The van der Waals surface area contributed by atoms with Crippen molar-refractivity contribution < 1.29 is 19.4 Å². The number of carbonyl (C=O) groups is 1. The largest absolute Gasteiger partial charge is 0.385 e. The summed E-state index contributed by atoms with van der Waals surface area (Å²) in [5.41, 5.74) is 4.48. The molecule has 1 aromatic rings. The molecule has 5 atom stereocenters. The molecule has 1 spiro atoms. The fraction of sp³-hybridized carbons (Fsp3) is 0.690. The van der Waals surface area contributed by atoms with Crippen molar-refractivity contribution >= 4 is 5.78 Å². The molecular formula is C29H36O4. The molecule has 0 unspecified atom stereocenters. The van der Waals surface area contributed by atoms with Crippen LogP contribution in [0.3, 0.4) is 0 Å². The molecule has 1 saturated heterocycles. The van der Waals surface area contributed by atoms with Crippen molar-refractivity contribution in [2.24, 2.45) is 17.3 Å². The number of hydrogen-bond donors (Lipinski definition) is 1. The standard InChI is InChI=1S/C29H36O4/c1-27-16-22(20-6-4-19(5-7-20)18-2-3-18)26-21(23(27)8-9-25(27)30)10-12-28(31)17-29(13-11-24(26)28)32-14-15-33-29/h4-7,18,21-23,31H,2-3,8-17H2,1H3/t21-,22+,23-,27-,28+/m0/s1. The summed E-state index contributed by atoms with van der Waals surface area (Å²) >= 11 is 0. The van der Waals surface area contributed by atoms with Crippen LogP contribution in [0.5, 0.6) is 0 Å². The maximum Gasteiger partial charge on any atom is 0.171 e. The lowest BCUT2D eigenvalue weighted by molar-refractivity contribution is -0.208. The number of ether oxygens (including phenoxy) is 2. The maximum absolute atomic E-state index is 13.2. The van der Waals surface area contributed by atoms with Gasteiger partial charge in [-0.25, -0.2) is 0 Å². The number of fused-ring (bicyclic) bond motifs is 4. The van der Waals surface area contributed by atoms with Crippen LogP contribution in [-0.4, -0.2) is 35.5 Å². The normalized spacial score (nSPS) is 41.8. The van der Waals surface area contributed by atoms with Gasteiger partial charge in [0.05, 0.1) is 18.8 Å². The Kier molecular flexibility index (Phi) is 4.44. The molecule has 5 aliphatic carbocycles. The Morgan fingerprint density at radius 3 is 2.39 bits per heavy atom. The molecule has 1 heterocycles. The van der Waals surface area contributed by atoms with Crippen LogP contribution in [0.1, 0.15) is 94.1 Å². The van der Waals surface area contributed by atoms with E-state index in [1.165, 1.54) is 35.1 Å². The second-order valence-electron chi connectivity index (χ2n) is 12.1. The number of hydrogen-bond acceptors (Lipinski definition) is 4. The van der Waals surface area contributed by atoms with E-state index >= 15 is 0 Å². The van der Waals surface area contributed by atoms with E-state index in [0.717, 1.165) is 50.9 Å². The molecule has 4 saturated carbocycles. The van der Waals surface area contributed by atoms with E-state index < -0.39 is 11.4 Å². The minimum absolute atomic E-state index is 0.225. The molecule has 6 aliphatic rings. The van der Waals surface area contributed by atoms with Gasteiger partial charge >= 0.3 is 0 Å². The molecule has 0 amide bonds. The second-order valence-corrected chi connectivity index (χ2v) is 12.1. The van der Waals surface area contributed by atoms with Crippen molar-refractivity contribution in [2.75, 3.05) is 13.2 Å². The molecule has 5 fully saturated rings. The number of rotatable bonds is 2. The topological polar surface area (TPSA) is 55.8 Å². The SMILES string of the molecule is C[C@]12C[C@H](c3ccc(C4CC4)cc3)C3=C4CCC5(C[C@]4(O)CC[C@H]3[C@@H]1CCC2=O)OCCO5. The zero-order chi connectivity index (χ0) is 22.4. The van der Waals surface area contributed by atoms with Crippen LogP contribution in [0, 0.1) is 17.3 Å². The van der Waals surface area contributed by atoms with Gasteiger partial charge in [-0.3, -0.25) is 4.79 Å². The fourth-order valence-corrected chi connectivity index (χ4v) is 8.50. The van der Waals surface area contributed by atoms with Gasteiger partial charge in [0.2, 0.25) is 0 Å². The molecule has 33 heavy (non-hydrogen) atoms. The van der Waals surface area contributed by atoms with Crippen LogP contribution >= 0.6 is 0 Å². The van der Waals surface area contributed by atoms with Gasteiger partial charge in [0.25, 0.3) is 0 Å². The third kappa shape index (κ3) is 3.03. The van der Waals surface area contributed by atoms with Gasteiger partial charge in [-0.05, 0) is 79.4 Å². The number of carbonyl (C=O) groups excluding carboxylic acids is 1. The van der Waals surface area contributed by atoms with Crippen LogP contribution in [0.4, 0.5) is 0 Å². The molecule has 4 heteroatoms. The lowest BCUT2D eigenvalue weighted by Crippen LogP contribution is -2.53. The third-order valence-corrected chi connectivity index (χ3v) is 10.3. The van der Waals surface area contributed by atoms with Gasteiger partial charge in [0.1, 0.15) is 5.78 Å². The molecule has 1 aliphatic heterocycles. The van der Waals surface area contributed by atoms with E-state index in [-0.39, 0.29) is 11.3 Å². The van der Waals surface area contributed by atoms with Gasteiger partial charge in [-0.1, -0.05) is 36.8 Å². The van der Waals surface area contributed by atoms with Crippen molar-refractivity contribution in [3.05, 3.63) is 46.5 Å². The van der Waals surface area contributed by atoms with Gasteiger partial charge in [0, 0.05) is 30.6 Å². The summed E-state index contributed by atoms with van der Waals surface area (Å²) in [6.45, 7) is 3.50. The summed E-state index contributed by atoms with van der Waals surface area (Å²) < 4.78 is 12.1. The molecule has 0 bridgehead atoms. The summed E-state index contributed by atoms with van der Waals surface area (Å²) in [5.74, 6) is 1.69. The van der Waals surface area contributed by atoms with Gasteiger partial charge in [-0.2, -0.15) is 0 Å². The fourth-order valence-electron chi connectivity index (χ4n) is 8.50. The summed E-state index contributed by atoms with van der Waals surface area (Å²) in [7, 11) is 0. The highest BCUT2D eigenvalue weighted by molar-refractivity contribution is 5.87. The van der Waals surface area contributed by atoms with Gasteiger partial charge < -0.3 is 14.6 Å². The number of ketones is 1. The number of Topliss-reactive ketones (excluding diaryl/α,β-unsaturated/α-hetero) is 1. The highest BCUT2D eigenvalue weighted by atomic mass is 16.7. The van der Waals surface area contributed by atoms with Crippen molar-refractivity contribution in [1.29, 1.82) is 0 Å². The average Bonchev–Trinajstić information content (AvgIpc) is 3.50. The minimum atomic E-state index is -0.836. The number of benzene rings is 1. The Balaban J connectivity index is 1.33. The quantitative estimate of drug-likeness (QED) is 0.616. The smallest absolute Gasteiger partial charge is 0.171 e. The Morgan fingerprint density at radius 2 is 1.67 bits per heavy atom. The predicted molar refractivity (Wildman–Crippen MR) is 125 cm³/mol. The molecule has 0 aromatic heterocycles. The average molecular weight is 449 g/mol. The van der Waals surface area contributed by atoms with E-state index in [9.17, 15) is 9.90 Å². The van der Waals surface area contributed by atoms with Gasteiger partial charge in [-0.15, -0.1) is 0 Å². The number of aliphatic hydroxyl groups is 1. The summed E-state index contributed by atoms with van der Waals surface area (Å²) in [4.78, 5) is 13.2. The molecule has 1 N–H and O–H groups in total. The monoisotopic (exact) mass is 448 g/mol. The first-order valence-corrected chi connectivity index (χ1v) is 13.3. The van der Waals surface area contributed by atoms with Crippen molar-refractivity contribution in [1.82, 2.24) is 0 Å². The minimum Gasteiger partial charge on any atom is -0.385 e.